The Morgan fingerprint density at radius 3 is 2.70 bits per heavy atom. The molecular formula is C29H47NO3. The minimum absolute atomic E-state index is 0.0384. The maximum absolute atomic E-state index is 11.7. The van der Waals surface area contributed by atoms with Crippen molar-refractivity contribution >= 4 is 5.71 Å². The summed E-state index contributed by atoms with van der Waals surface area (Å²) in [6, 6.07) is 0.0994. The van der Waals surface area contributed by atoms with Gasteiger partial charge in [-0.05, 0) is 87.9 Å². The summed E-state index contributed by atoms with van der Waals surface area (Å²) in [5.41, 5.74) is 6.29. The maximum atomic E-state index is 11.7. The van der Waals surface area contributed by atoms with Crippen LogP contribution in [0.5, 0.6) is 0 Å². The molecular weight excluding hydrogens is 410 g/mol. The van der Waals surface area contributed by atoms with Crippen molar-refractivity contribution in [2.24, 2.45) is 34.6 Å². The third-order valence-electron chi connectivity index (χ3n) is 8.34. The van der Waals surface area contributed by atoms with Crippen molar-refractivity contribution in [3.8, 4) is 0 Å². The molecule has 0 aromatic heterocycles. The fourth-order valence-electron chi connectivity index (χ4n) is 5.78. The van der Waals surface area contributed by atoms with Crippen LogP contribution in [0.15, 0.2) is 46.7 Å². The van der Waals surface area contributed by atoms with E-state index in [2.05, 4.69) is 53.0 Å². The van der Waals surface area contributed by atoms with Gasteiger partial charge in [0.2, 0.25) is 0 Å². The maximum Gasteiger partial charge on any atom is 0.0749 e. The molecule has 2 aliphatic heterocycles. The molecule has 1 fully saturated rings. The molecule has 0 radical (unpaired) electrons. The Morgan fingerprint density at radius 1 is 1.36 bits per heavy atom. The molecule has 186 valence electrons. The Bertz CT molecular complexity index is 776. The first-order valence-corrected chi connectivity index (χ1v) is 12.9. The molecule has 2 heterocycles. The second-order valence-corrected chi connectivity index (χ2v) is 10.2. The number of nitrogens with zero attached hydrogens (tertiary/aromatic N) is 1. The summed E-state index contributed by atoms with van der Waals surface area (Å²) in [5.74, 6) is 0.848. The van der Waals surface area contributed by atoms with E-state index in [4.69, 9.17) is 9.73 Å². The van der Waals surface area contributed by atoms with Crippen LogP contribution in [0.4, 0.5) is 0 Å². The zero-order valence-corrected chi connectivity index (χ0v) is 21.8. The normalized spacial score (nSPS) is 32.4. The Labute approximate surface area is 202 Å². The Hall–Kier alpha value is -1.45. The second-order valence-electron chi connectivity index (χ2n) is 10.2. The van der Waals surface area contributed by atoms with Crippen molar-refractivity contribution in [3.05, 3.63) is 41.7 Å². The average Bonchev–Trinajstić information content (AvgIpc) is 3.06. The van der Waals surface area contributed by atoms with Gasteiger partial charge < -0.3 is 14.9 Å². The quantitative estimate of drug-likeness (QED) is 0.257. The largest absolute Gasteiger partial charge is 0.396 e. The zero-order valence-electron chi connectivity index (χ0n) is 21.8. The number of aliphatic imine (C=N–C) groups is 1. The average molecular weight is 458 g/mol. The fraction of sp³-hybridized carbons (Fsp3) is 0.724. The third-order valence-corrected chi connectivity index (χ3v) is 8.34. The summed E-state index contributed by atoms with van der Waals surface area (Å²) in [5, 5.41) is 21.6. The van der Waals surface area contributed by atoms with Gasteiger partial charge in [-0.2, -0.15) is 0 Å². The molecule has 4 nitrogen and oxygen atoms in total. The highest BCUT2D eigenvalue weighted by molar-refractivity contribution is 5.87. The van der Waals surface area contributed by atoms with E-state index in [0.717, 1.165) is 25.7 Å². The van der Waals surface area contributed by atoms with Gasteiger partial charge in [0.1, 0.15) is 0 Å². The minimum atomic E-state index is -0.901. The fourth-order valence-corrected chi connectivity index (χ4v) is 5.78. The van der Waals surface area contributed by atoms with E-state index in [1.165, 1.54) is 16.9 Å². The van der Waals surface area contributed by atoms with Crippen LogP contribution in [0, 0.1) is 29.6 Å². The lowest BCUT2D eigenvalue weighted by molar-refractivity contribution is -0.101. The number of fused-ring (bicyclic) bond motifs is 1. The summed E-state index contributed by atoms with van der Waals surface area (Å²) in [6.45, 7) is 17.8. The number of hydrogen-bond donors (Lipinski definition) is 2. The zero-order chi connectivity index (χ0) is 24.6. The van der Waals surface area contributed by atoms with Gasteiger partial charge in [-0.1, -0.05) is 32.9 Å². The standard InChI is InChI=1S/C29H47NO3/c1-8-11-12-13-20(4)24(9-2)16-21(5)22(6)28-15-14-27-26(23(7)30-28)19-33-18-25(17-31)29(27,32)10-3/h8-9,12,21-23,25-27,31-32H,1,10-11,14-19H2,2-7H3. The van der Waals surface area contributed by atoms with Crippen LogP contribution >= 0.6 is 0 Å². The van der Waals surface area contributed by atoms with E-state index >= 15 is 0 Å². The van der Waals surface area contributed by atoms with Gasteiger partial charge >= 0.3 is 0 Å². The van der Waals surface area contributed by atoms with Gasteiger partial charge in [0.25, 0.3) is 0 Å². The van der Waals surface area contributed by atoms with Crippen LogP contribution in [-0.2, 0) is 4.74 Å². The number of hydrogen-bond acceptors (Lipinski definition) is 4. The third kappa shape index (κ3) is 6.57. The smallest absolute Gasteiger partial charge is 0.0749 e. The number of aliphatic hydroxyl groups excluding tert-OH is 1. The number of aliphatic hydroxyl groups is 2. The molecule has 0 saturated carbocycles. The van der Waals surface area contributed by atoms with E-state index in [1.54, 1.807) is 0 Å². The van der Waals surface area contributed by atoms with Crippen molar-refractivity contribution in [2.45, 2.75) is 85.3 Å². The summed E-state index contributed by atoms with van der Waals surface area (Å²) in [6.07, 6.45) is 10.4. The highest BCUT2D eigenvalue weighted by Gasteiger charge is 2.49. The number of allylic oxidation sites excluding steroid dienone is 4. The summed E-state index contributed by atoms with van der Waals surface area (Å²) in [4.78, 5) is 5.22. The highest BCUT2D eigenvalue weighted by atomic mass is 16.5. The van der Waals surface area contributed by atoms with Crippen LogP contribution in [-0.4, -0.2) is 47.4 Å². The van der Waals surface area contributed by atoms with E-state index in [0.29, 0.717) is 31.5 Å². The minimum Gasteiger partial charge on any atom is -0.396 e. The van der Waals surface area contributed by atoms with Crippen molar-refractivity contribution in [2.75, 3.05) is 19.8 Å². The first kappa shape index (κ1) is 27.8. The molecule has 7 unspecified atom stereocenters. The second kappa shape index (κ2) is 12.9. The van der Waals surface area contributed by atoms with Gasteiger partial charge in [0.15, 0.2) is 0 Å². The molecule has 0 amide bonds. The Balaban J connectivity index is 2.20. The van der Waals surface area contributed by atoms with Crippen LogP contribution in [0.1, 0.15) is 73.6 Å². The molecule has 0 aromatic rings. The molecule has 2 N–H and O–H groups in total. The lowest BCUT2D eigenvalue weighted by Crippen LogP contribution is -2.50. The molecule has 2 aliphatic rings. The van der Waals surface area contributed by atoms with Crippen molar-refractivity contribution in [1.29, 1.82) is 0 Å². The molecule has 0 aliphatic carbocycles. The molecule has 0 spiro atoms. The summed E-state index contributed by atoms with van der Waals surface area (Å²) in [7, 11) is 0. The van der Waals surface area contributed by atoms with Crippen LogP contribution in [0.3, 0.4) is 0 Å². The van der Waals surface area contributed by atoms with Crippen LogP contribution in [0.2, 0.25) is 0 Å². The molecule has 2 rings (SSSR count). The Morgan fingerprint density at radius 2 is 2.09 bits per heavy atom. The van der Waals surface area contributed by atoms with E-state index < -0.39 is 5.60 Å². The highest BCUT2D eigenvalue weighted by Crippen LogP contribution is 2.44. The van der Waals surface area contributed by atoms with Gasteiger partial charge in [-0.15, -0.1) is 12.3 Å². The Kier molecular flexibility index (Phi) is 10.8. The van der Waals surface area contributed by atoms with Gasteiger partial charge in [-0.25, -0.2) is 0 Å². The van der Waals surface area contributed by atoms with E-state index in [1.807, 2.05) is 19.1 Å². The predicted molar refractivity (Wildman–Crippen MR) is 139 cm³/mol. The molecule has 0 aromatic carbocycles. The monoisotopic (exact) mass is 457 g/mol. The van der Waals surface area contributed by atoms with E-state index in [-0.39, 0.29) is 30.4 Å². The van der Waals surface area contributed by atoms with Crippen molar-refractivity contribution in [3.63, 3.8) is 0 Å². The lowest BCUT2D eigenvalue weighted by Gasteiger charge is -2.42. The number of ether oxygens (including phenoxy) is 1. The molecule has 33 heavy (non-hydrogen) atoms. The van der Waals surface area contributed by atoms with E-state index in [9.17, 15) is 10.2 Å². The van der Waals surface area contributed by atoms with Crippen molar-refractivity contribution in [1.82, 2.24) is 0 Å². The van der Waals surface area contributed by atoms with Gasteiger partial charge in [0.05, 0.1) is 31.5 Å². The first-order valence-electron chi connectivity index (χ1n) is 12.9. The molecule has 1 saturated heterocycles. The first-order chi connectivity index (χ1) is 15.7. The van der Waals surface area contributed by atoms with Crippen molar-refractivity contribution < 1.29 is 14.9 Å². The van der Waals surface area contributed by atoms with Crippen LogP contribution in [0.25, 0.3) is 0 Å². The van der Waals surface area contributed by atoms with Crippen LogP contribution < -0.4 is 0 Å². The lowest BCUT2D eigenvalue weighted by atomic mass is 9.67. The molecule has 7 atom stereocenters. The SMILES string of the molecule is C=CCC=C=C(C)C(=CC)CC(C)C(C)C1=NC(C)C2COCC(CO)C(O)(CC)C2CC1. The number of rotatable bonds is 9. The van der Waals surface area contributed by atoms with Gasteiger partial charge in [0, 0.05) is 17.5 Å². The molecule has 4 heteroatoms. The molecule has 0 bridgehead atoms. The summed E-state index contributed by atoms with van der Waals surface area (Å²) >= 11 is 0. The topological polar surface area (TPSA) is 62.0 Å². The van der Waals surface area contributed by atoms with Gasteiger partial charge in [-0.3, -0.25) is 4.99 Å². The summed E-state index contributed by atoms with van der Waals surface area (Å²) < 4.78 is 5.95. The predicted octanol–water partition coefficient (Wildman–Crippen LogP) is 5.91.